The molecule has 2 aromatic carbocycles. The molecular formula is C20H23NO2. The van der Waals surface area contributed by atoms with E-state index in [0.717, 1.165) is 29.9 Å². The normalized spacial score (nSPS) is 26.0. The van der Waals surface area contributed by atoms with Crippen molar-refractivity contribution in [2.24, 2.45) is 0 Å². The lowest BCUT2D eigenvalue weighted by Gasteiger charge is -2.29. The highest BCUT2D eigenvalue weighted by atomic mass is 16.5. The number of piperidine rings is 1. The molecule has 2 heterocycles. The Bertz CT molecular complexity index is 673. The van der Waals surface area contributed by atoms with Gasteiger partial charge in [0.2, 0.25) is 0 Å². The second kappa shape index (κ2) is 6.25. The van der Waals surface area contributed by atoms with Crippen LogP contribution in [0.4, 0.5) is 0 Å². The van der Waals surface area contributed by atoms with Crippen LogP contribution in [-0.4, -0.2) is 25.3 Å². The van der Waals surface area contributed by atoms with Crippen LogP contribution in [0.2, 0.25) is 0 Å². The van der Waals surface area contributed by atoms with Crippen LogP contribution in [0.3, 0.4) is 0 Å². The van der Waals surface area contributed by atoms with Gasteiger partial charge in [0.15, 0.2) is 0 Å². The van der Waals surface area contributed by atoms with E-state index >= 15 is 0 Å². The Kier molecular flexibility index (Phi) is 3.96. The number of rotatable bonds is 4. The zero-order valence-corrected chi connectivity index (χ0v) is 13.5. The molecule has 2 unspecified atom stereocenters. The lowest BCUT2D eigenvalue weighted by atomic mass is 10.0. The van der Waals surface area contributed by atoms with Gasteiger partial charge in [-0.15, -0.1) is 0 Å². The molecule has 2 saturated heterocycles. The third kappa shape index (κ3) is 3.20. The van der Waals surface area contributed by atoms with E-state index in [0.29, 0.717) is 18.2 Å². The summed E-state index contributed by atoms with van der Waals surface area (Å²) in [5.74, 6) is 1.85. The summed E-state index contributed by atoms with van der Waals surface area (Å²) in [5.41, 5.74) is 2.32. The molecule has 0 aromatic heterocycles. The van der Waals surface area contributed by atoms with Gasteiger partial charge in [0, 0.05) is 12.1 Å². The van der Waals surface area contributed by atoms with Gasteiger partial charge in [-0.05, 0) is 61.1 Å². The SMILES string of the molecule is COc1cccc(-c2cccc(OC3CC4CCC(C3)N4)c2)c1. The maximum atomic E-state index is 6.28. The van der Waals surface area contributed by atoms with Crippen molar-refractivity contribution in [3.05, 3.63) is 48.5 Å². The third-order valence-corrected chi connectivity index (χ3v) is 4.97. The molecule has 2 atom stereocenters. The van der Waals surface area contributed by atoms with E-state index in [1.807, 2.05) is 12.1 Å². The van der Waals surface area contributed by atoms with Crippen molar-refractivity contribution >= 4 is 0 Å². The van der Waals surface area contributed by atoms with E-state index in [4.69, 9.17) is 9.47 Å². The molecular weight excluding hydrogens is 286 g/mol. The maximum absolute atomic E-state index is 6.28. The molecule has 120 valence electrons. The van der Waals surface area contributed by atoms with E-state index in [1.54, 1.807) is 7.11 Å². The van der Waals surface area contributed by atoms with Gasteiger partial charge in [-0.25, -0.2) is 0 Å². The van der Waals surface area contributed by atoms with Gasteiger partial charge >= 0.3 is 0 Å². The summed E-state index contributed by atoms with van der Waals surface area (Å²) in [5, 5.41) is 3.66. The molecule has 0 radical (unpaired) electrons. The van der Waals surface area contributed by atoms with Crippen molar-refractivity contribution in [1.82, 2.24) is 5.32 Å². The molecule has 3 nitrogen and oxygen atoms in total. The average Bonchev–Trinajstić information content (AvgIpc) is 2.94. The first-order valence-corrected chi connectivity index (χ1v) is 8.47. The zero-order chi connectivity index (χ0) is 15.6. The molecule has 2 bridgehead atoms. The van der Waals surface area contributed by atoms with E-state index in [-0.39, 0.29) is 0 Å². The zero-order valence-electron chi connectivity index (χ0n) is 13.5. The number of methoxy groups -OCH3 is 1. The van der Waals surface area contributed by atoms with Crippen LogP contribution in [-0.2, 0) is 0 Å². The first-order chi connectivity index (χ1) is 11.3. The van der Waals surface area contributed by atoms with Crippen LogP contribution in [0.1, 0.15) is 25.7 Å². The molecule has 1 N–H and O–H groups in total. The van der Waals surface area contributed by atoms with Gasteiger partial charge in [0.05, 0.1) is 7.11 Å². The monoisotopic (exact) mass is 309 g/mol. The molecule has 0 aliphatic carbocycles. The van der Waals surface area contributed by atoms with E-state index in [9.17, 15) is 0 Å². The minimum atomic E-state index is 0.342. The second-order valence-corrected chi connectivity index (χ2v) is 6.61. The predicted molar refractivity (Wildman–Crippen MR) is 92.0 cm³/mol. The largest absolute Gasteiger partial charge is 0.497 e. The molecule has 3 heteroatoms. The minimum Gasteiger partial charge on any atom is -0.497 e. The van der Waals surface area contributed by atoms with Gasteiger partial charge in [0.25, 0.3) is 0 Å². The van der Waals surface area contributed by atoms with Crippen molar-refractivity contribution in [3.8, 4) is 22.6 Å². The summed E-state index contributed by atoms with van der Waals surface area (Å²) in [6.07, 6.45) is 5.19. The van der Waals surface area contributed by atoms with Crippen LogP contribution in [0.5, 0.6) is 11.5 Å². The van der Waals surface area contributed by atoms with Crippen molar-refractivity contribution < 1.29 is 9.47 Å². The van der Waals surface area contributed by atoms with Gasteiger partial charge in [-0.1, -0.05) is 24.3 Å². The summed E-state index contributed by atoms with van der Waals surface area (Å²) in [6, 6.07) is 17.8. The fraction of sp³-hybridized carbons (Fsp3) is 0.400. The van der Waals surface area contributed by atoms with Gasteiger partial charge < -0.3 is 14.8 Å². The van der Waals surface area contributed by atoms with E-state index < -0.39 is 0 Å². The minimum absolute atomic E-state index is 0.342. The van der Waals surface area contributed by atoms with E-state index in [2.05, 4.69) is 41.7 Å². The Morgan fingerprint density at radius 1 is 0.870 bits per heavy atom. The molecule has 23 heavy (non-hydrogen) atoms. The summed E-state index contributed by atoms with van der Waals surface area (Å²) in [7, 11) is 1.70. The quantitative estimate of drug-likeness (QED) is 0.925. The number of benzene rings is 2. The predicted octanol–water partition coefficient (Wildman–Crippen LogP) is 4.02. The van der Waals surface area contributed by atoms with Gasteiger partial charge in [-0.2, -0.15) is 0 Å². The summed E-state index contributed by atoms with van der Waals surface area (Å²) < 4.78 is 11.6. The Morgan fingerprint density at radius 2 is 1.48 bits per heavy atom. The topological polar surface area (TPSA) is 30.5 Å². The molecule has 0 amide bonds. The van der Waals surface area contributed by atoms with Crippen LogP contribution >= 0.6 is 0 Å². The van der Waals surface area contributed by atoms with Crippen molar-refractivity contribution in [1.29, 1.82) is 0 Å². The molecule has 2 fully saturated rings. The van der Waals surface area contributed by atoms with Crippen LogP contribution in [0, 0.1) is 0 Å². The fourth-order valence-electron chi connectivity index (χ4n) is 3.85. The number of ether oxygens (including phenoxy) is 2. The van der Waals surface area contributed by atoms with Crippen LogP contribution in [0.25, 0.3) is 11.1 Å². The molecule has 0 saturated carbocycles. The standard InChI is InChI=1S/C20H23NO2/c1-22-18-6-2-4-14(10-18)15-5-3-7-19(11-15)23-20-12-16-8-9-17(13-20)21-16/h2-7,10-11,16-17,20-21H,8-9,12-13H2,1H3. The number of hydrogen-bond acceptors (Lipinski definition) is 3. The molecule has 2 aromatic rings. The second-order valence-electron chi connectivity index (χ2n) is 6.61. The maximum Gasteiger partial charge on any atom is 0.120 e. The molecule has 2 aliphatic rings. The Morgan fingerprint density at radius 3 is 2.13 bits per heavy atom. The van der Waals surface area contributed by atoms with Crippen molar-refractivity contribution in [2.45, 2.75) is 43.9 Å². The Labute approximate surface area is 137 Å². The fourth-order valence-corrected chi connectivity index (χ4v) is 3.85. The lowest BCUT2D eigenvalue weighted by molar-refractivity contribution is 0.137. The Hall–Kier alpha value is -2.00. The van der Waals surface area contributed by atoms with Gasteiger partial charge in [0.1, 0.15) is 17.6 Å². The molecule has 0 spiro atoms. The molecule has 4 rings (SSSR count). The summed E-state index contributed by atoms with van der Waals surface area (Å²) in [4.78, 5) is 0. The lowest BCUT2D eigenvalue weighted by Crippen LogP contribution is -2.42. The first kappa shape index (κ1) is 14.6. The van der Waals surface area contributed by atoms with Crippen molar-refractivity contribution in [2.75, 3.05) is 7.11 Å². The number of fused-ring (bicyclic) bond motifs is 2. The average molecular weight is 309 g/mol. The van der Waals surface area contributed by atoms with Gasteiger partial charge in [-0.3, -0.25) is 0 Å². The van der Waals surface area contributed by atoms with Crippen molar-refractivity contribution in [3.63, 3.8) is 0 Å². The highest BCUT2D eigenvalue weighted by molar-refractivity contribution is 5.66. The van der Waals surface area contributed by atoms with Crippen LogP contribution < -0.4 is 14.8 Å². The highest BCUT2D eigenvalue weighted by Crippen LogP contribution is 2.31. The summed E-state index contributed by atoms with van der Waals surface area (Å²) in [6.45, 7) is 0. The smallest absolute Gasteiger partial charge is 0.120 e. The Balaban J connectivity index is 1.52. The highest BCUT2D eigenvalue weighted by Gasteiger charge is 2.34. The summed E-state index contributed by atoms with van der Waals surface area (Å²) >= 11 is 0. The van der Waals surface area contributed by atoms with E-state index in [1.165, 1.54) is 18.4 Å². The van der Waals surface area contributed by atoms with Crippen LogP contribution in [0.15, 0.2) is 48.5 Å². The number of nitrogens with one attached hydrogen (secondary N) is 1. The molecule has 2 aliphatic heterocycles. The first-order valence-electron chi connectivity index (χ1n) is 8.47. The third-order valence-electron chi connectivity index (χ3n) is 4.97. The number of hydrogen-bond donors (Lipinski definition) is 1.